The predicted octanol–water partition coefficient (Wildman–Crippen LogP) is 13.1. The van der Waals surface area contributed by atoms with Crippen LogP contribution in [0.25, 0.3) is 0 Å². The van der Waals surface area contributed by atoms with Gasteiger partial charge < -0.3 is 18.9 Å². The van der Waals surface area contributed by atoms with Gasteiger partial charge >= 0.3 is 19.8 Å². The second kappa shape index (κ2) is 40.2. The summed E-state index contributed by atoms with van der Waals surface area (Å²) >= 11 is 0. The second-order valence-electron chi connectivity index (χ2n) is 17.5. The van der Waals surface area contributed by atoms with Gasteiger partial charge in [-0.05, 0) is 38.2 Å². The maximum atomic E-state index is 12.7. The first kappa shape index (κ1) is 57.2. The number of allylic oxidation sites excluding steroid dienone is 4. The number of phosphoric acid groups is 1. The Balaban J connectivity index is 4.34. The molecule has 0 fully saturated rings. The molecule has 0 aromatic rings. The molecule has 0 aliphatic heterocycles. The zero-order valence-corrected chi connectivity index (χ0v) is 39.6. The van der Waals surface area contributed by atoms with Crippen LogP contribution in [0.3, 0.4) is 0 Å². The van der Waals surface area contributed by atoms with Crippen molar-refractivity contribution in [3.8, 4) is 0 Å². The van der Waals surface area contributed by atoms with Crippen molar-refractivity contribution in [2.75, 3.05) is 47.5 Å². The lowest BCUT2D eigenvalue weighted by Crippen LogP contribution is -2.37. The van der Waals surface area contributed by atoms with Crippen molar-refractivity contribution in [2.45, 2.75) is 219 Å². The van der Waals surface area contributed by atoms with E-state index in [1.54, 1.807) is 6.08 Å². The monoisotopic (exact) mass is 857 g/mol. The normalized spacial score (nSPS) is 13.6. The number of phosphoric ester groups is 1. The van der Waals surface area contributed by atoms with Crippen LogP contribution < -0.4 is 0 Å². The Kier molecular flexibility index (Phi) is 39.0. The zero-order valence-electron chi connectivity index (χ0n) is 38.7. The molecule has 59 heavy (non-hydrogen) atoms. The molecule has 0 aromatic carbocycles. The lowest BCUT2D eigenvalue weighted by Gasteiger charge is -2.24. The number of ether oxygens (including phenoxy) is 2. The van der Waals surface area contributed by atoms with Crippen LogP contribution in [0.15, 0.2) is 24.3 Å². The molecule has 2 atom stereocenters. The number of ketones is 1. The van der Waals surface area contributed by atoms with E-state index in [1.165, 1.54) is 116 Å². The highest BCUT2D eigenvalue weighted by Crippen LogP contribution is 2.43. The highest BCUT2D eigenvalue weighted by atomic mass is 31.2. The van der Waals surface area contributed by atoms with E-state index in [1.807, 2.05) is 33.3 Å². The Bertz CT molecular complexity index is 1120. The van der Waals surface area contributed by atoms with Crippen molar-refractivity contribution >= 4 is 25.5 Å². The fourth-order valence-electron chi connectivity index (χ4n) is 6.64. The fraction of sp³-hybridized carbons (Fsp3) is 0.854. The molecular formula is C48H91NO9P+. The van der Waals surface area contributed by atoms with Crippen LogP contribution in [0.2, 0.25) is 0 Å². The van der Waals surface area contributed by atoms with Crippen LogP contribution in [-0.2, 0) is 37.5 Å². The number of esters is 2. The molecule has 0 heterocycles. The van der Waals surface area contributed by atoms with Crippen LogP contribution in [0.4, 0.5) is 0 Å². The number of quaternary nitrogens is 1. The van der Waals surface area contributed by atoms with Gasteiger partial charge in [-0.25, -0.2) is 4.57 Å². The molecule has 0 amide bonds. The van der Waals surface area contributed by atoms with Crippen molar-refractivity contribution in [3.05, 3.63) is 24.3 Å². The van der Waals surface area contributed by atoms with Crippen molar-refractivity contribution < 1.29 is 46.8 Å². The number of carbonyl (C=O) groups excluding carboxylic acids is 3. The van der Waals surface area contributed by atoms with Gasteiger partial charge in [-0.1, -0.05) is 180 Å². The van der Waals surface area contributed by atoms with Crippen LogP contribution in [0.1, 0.15) is 213 Å². The Morgan fingerprint density at radius 3 is 1.49 bits per heavy atom. The molecule has 1 N–H and O–H groups in total. The van der Waals surface area contributed by atoms with Gasteiger partial charge in [0.25, 0.3) is 0 Å². The zero-order chi connectivity index (χ0) is 43.7. The van der Waals surface area contributed by atoms with Gasteiger partial charge in [-0.15, -0.1) is 0 Å². The van der Waals surface area contributed by atoms with Crippen LogP contribution >= 0.6 is 7.82 Å². The third kappa shape index (κ3) is 44.0. The lowest BCUT2D eigenvalue weighted by molar-refractivity contribution is -0.870. The molecule has 1 unspecified atom stereocenters. The number of hydrogen-bond acceptors (Lipinski definition) is 8. The number of hydrogen-bond donors (Lipinski definition) is 1. The molecule has 346 valence electrons. The summed E-state index contributed by atoms with van der Waals surface area (Å²) in [5, 5.41) is 0. The number of unbranched alkanes of at least 4 members (excludes halogenated alkanes) is 25. The van der Waals surface area contributed by atoms with Gasteiger partial charge in [0.15, 0.2) is 11.9 Å². The summed E-state index contributed by atoms with van der Waals surface area (Å²) in [6.07, 6.45) is 40.4. The molecule has 0 bridgehead atoms. The van der Waals surface area contributed by atoms with Crippen molar-refractivity contribution in [3.63, 3.8) is 0 Å². The first-order valence-corrected chi connectivity index (χ1v) is 25.5. The number of nitrogens with zero attached hydrogens (tertiary/aromatic N) is 1. The third-order valence-electron chi connectivity index (χ3n) is 10.5. The minimum Gasteiger partial charge on any atom is -0.462 e. The summed E-state index contributed by atoms with van der Waals surface area (Å²) < 4.78 is 34.3. The average Bonchev–Trinajstić information content (AvgIpc) is 3.18. The highest BCUT2D eigenvalue weighted by Gasteiger charge is 2.27. The summed E-state index contributed by atoms with van der Waals surface area (Å²) in [5.41, 5.74) is 0. The standard InChI is InChI=1S/C48H90NO9P/c1-6-8-10-12-14-15-16-17-18-19-20-21-22-23-24-25-27-31-36-40-48(52)58-46(44-57-59(53,54)56-42-41-49(3,4)5)43-55-47(51)39-35-32-28-30-34-38-45(50)37-33-29-26-13-11-9-7-2/h26,29,33,37,46H,6-25,27-28,30-32,34-36,38-44H2,1-5H3/p+1/b29-26-,37-33+/t46-/m1/s1. The van der Waals surface area contributed by atoms with E-state index in [2.05, 4.69) is 19.9 Å². The van der Waals surface area contributed by atoms with Gasteiger partial charge in [0.1, 0.15) is 19.8 Å². The van der Waals surface area contributed by atoms with E-state index >= 15 is 0 Å². The van der Waals surface area contributed by atoms with E-state index < -0.39 is 32.5 Å². The van der Waals surface area contributed by atoms with Crippen LogP contribution in [-0.4, -0.2) is 80.7 Å². The Morgan fingerprint density at radius 1 is 0.559 bits per heavy atom. The first-order chi connectivity index (χ1) is 28.4. The molecule has 0 aliphatic rings. The molecule has 0 saturated carbocycles. The molecule has 10 nitrogen and oxygen atoms in total. The molecule has 0 aliphatic carbocycles. The van der Waals surface area contributed by atoms with E-state index in [0.717, 1.165) is 51.4 Å². The Labute approximate surface area is 362 Å². The molecular weight excluding hydrogens is 765 g/mol. The SMILES string of the molecule is CCCCC/C=C\C=C\C(=O)CCCCCCCC(=O)OC[C@H](COP(=O)(O)OCC[N+](C)(C)C)OC(=O)CCCCCCCCCCCCCCCCCCCCC. The van der Waals surface area contributed by atoms with Gasteiger partial charge in [0, 0.05) is 19.3 Å². The highest BCUT2D eigenvalue weighted by molar-refractivity contribution is 7.47. The number of carbonyl (C=O) groups is 3. The molecule has 0 spiro atoms. The van der Waals surface area contributed by atoms with E-state index in [9.17, 15) is 23.8 Å². The molecule has 11 heteroatoms. The number of rotatable bonds is 44. The van der Waals surface area contributed by atoms with Crippen molar-refractivity contribution in [2.24, 2.45) is 0 Å². The van der Waals surface area contributed by atoms with Crippen molar-refractivity contribution in [1.82, 2.24) is 0 Å². The topological polar surface area (TPSA) is 125 Å². The van der Waals surface area contributed by atoms with Crippen LogP contribution in [0, 0.1) is 0 Å². The quantitative estimate of drug-likeness (QED) is 0.0159. The Hall–Kier alpha value is -1.84. The van der Waals surface area contributed by atoms with E-state index in [-0.39, 0.29) is 31.8 Å². The smallest absolute Gasteiger partial charge is 0.462 e. The van der Waals surface area contributed by atoms with Crippen LogP contribution in [0.5, 0.6) is 0 Å². The lowest BCUT2D eigenvalue weighted by atomic mass is 10.0. The maximum absolute atomic E-state index is 12.7. The minimum atomic E-state index is -4.40. The summed E-state index contributed by atoms with van der Waals surface area (Å²) in [4.78, 5) is 47.5. The van der Waals surface area contributed by atoms with Gasteiger partial charge in [-0.3, -0.25) is 23.4 Å². The molecule has 0 rings (SSSR count). The summed E-state index contributed by atoms with van der Waals surface area (Å²) in [6.45, 7) is 4.26. The first-order valence-electron chi connectivity index (χ1n) is 24.0. The third-order valence-corrected chi connectivity index (χ3v) is 11.4. The molecule has 0 saturated heterocycles. The number of likely N-dealkylation sites (N-methyl/N-ethyl adjacent to an activating group) is 1. The molecule has 0 radical (unpaired) electrons. The van der Waals surface area contributed by atoms with Gasteiger partial charge in [0.05, 0.1) is 27.7 Å². The van der Waals surface area contributed by atoms with Gasteiger partial charge in [0.2, 0.25) is 0 Å². The average molecular weight is 857 g/mol. The maximum Gasteiger partial charge on any atom is 0.472 e. The van der Waals surface area contributed by atoms with E-state index in [4.69, 9.17) is 18.5 Å². The Morgan fingerprint density at radius 2 is 1.00 bits per heavy atom. The molecule has 0 aromatic heterocycles. The predicted molar refractivity (Wildman–Crippen MR) is 243 cm³/mol. The van der Waals surface area contributed by atoms with E-state index in [0.29, 0.717) is 30.3 Å². The largest absolute Gasteiger partial charge is 0.472 e. The summed E-state index contributed by atoms with van der Waals surface area (Å²) in [5.74, 6) is -0.752. The summed E-state index contributed by atoms with van der Waals surface area (Å²) in [6, 6.07) is 0. The second-order valence-corrected chi connectivity index (χ2v) is 19.0. The minimum absolute atomic E-state index is 0.0142. The van der Waals surface area contributed by atoms with Crippen molar-refractivity contribution in [1.29, 1.82) is 0 Å². The fourth-order valence-corrected chi connectivity index (χ4v) is 7.39. The summed E-state index contributed by atoms with van der Waals surface area (Å²) in [7, 11) is 1.42. The van der Waals surface area contributed by atoms with Gasteiger partial charge in [-0.2, -0.15) is 0 Å².